The first-order valence-corrected chi connectivity index (χ1v) is 10.8. The van der Waals surface area contributed by atoms with Crippen LogP contribution in [0.15, 0.2) is 43.2 Å². The number of nitrogen functional groups attached to an aromatic ring is 1. The molecule has 0 radical (unpaired) electrons. The largest absolute Gasteiger partial charge is 0.496 e. The Bertz CT molecular complexity index is 1200. The van der Waals surface area contributed by atoms with E-state index in [1.165, 1.54) is 24.5 Å². The monoisotopic (exact) mass is 430 g/mol. The summed E-state index contributed by atoms with van der Waals surface area (Å²) in [5.74, 6) is 2.53. The molecule has 2 aromatic heterocycles. The van der Waals surface area contributed by atoms with Gasteiger partial charge >= 0.3 is 0 Å². The summed E-state index contributed by atoms with van der Waals surface area (Å²) in [6.07, 6.45) is 5.29. The van der Waals surface area contributed by atoms with E-state index in [2.05, 4.69) is 32.5 Å². The molecule has 3 heterocycles. The Hall–Kier alpha value is -3.68. The van der Waals surface area contributed by atoms with Crippen molar-refractivity contribution in [3.63, 3.8) is 0 Å². The SMILES string of the molecule is C=CC(=O)N1CCN(c2ncnc3cc(-c4nc(N)ccc4C4CC4)c(OC)cc23)CC1. The summed E-state index contributed by atoms with van der Waals surface area (Å²) >= 11 is 0. The number of piperazine rings is 1. The first kappa shape index (κ1) is 20.2. The first-order chi connectivity index (χ1) is 15.6. The average Bonchev–Trinajstić information content (AvgIpc) is 3.67. The molecule has 2 fully saturated rings. The van der Waals surface area contributed by atoms with Crippen LogP contribution in [-0.2, 0) is 4.79 Å². The number of amides is 1. The van der Waals surface area contributed by atoms with Gasteiger partial charge in [-0.15, -0.1) is 0 Å². The highest BCUT2D eigenvalue weighted by Gasteiger charge is 2.29. The number of hydrogen-bond donors (Lipinski definition) is 1. The topological polar surface area (TPSA) is 97.5 Å². The summed E-state index contributed by atoms with van der Waals surface area (Å²) in [4.78, 5) is 29.7. The van der Waals surface area contributed by atoms with Crippen LogP contribution in [0.25, 0.3) is 22.2 Å². The van der Waals surface area contributed by atoms with E-state index in [9.17, 15) is 4.79 Å². The van der Waals surface area contributed by atoms with E-state index in [0.717, 1.165) is 28.0 Å². The number of carbonyl (C=O) groups is 1. The standard InChI is InChI=1S/C24H26N6O2/c1-3-22(31)29-8-10-30(11-9-29)24-17-13-20(32-2)18(12-19(17)26-14-27-24)23-16(15-4-5-15)6-7-21(25)28-23/h3,6-7,12-15H,1,4-5,8-11H2,2H3,(H2,25,28). The van der Waals surface area contributed by atoms with Gasteiger partial charge in [-0.05, 0) is 48.6 Å². The van der Waals surface area contributed by atoms with Gasteiger partial charge in [0.15, 0.2) is 0 Å². The molecule has 2 N–H and O–H groups in total. The molecule has 1 aliphatic carbocycles. The van der Waals surface area contributed by atoms with E-state index < -0.39 is 0 Å². The molecule has 0 atom stereocenters. The molecule has 5 rings (SSSR count). The van der Waals surface area contributed by atoms with Crippen molar-refractivity contribution in [1.29, 1.82) is 0 Å². The smallest absolute Gasteiger partial charge is 0.246 e. The third-order valence-electron chi connectivity index (χ3n) is 6.22. The molecule has 32 heavy (non-hydrogen) atoms. The fraction of sp³-hybridized carbons (Fsp3) is 0.333. The maximum absolute atomic E-state index is 11.9. The number of methoxy groups -OCH3 is 1. The van der Waals surface area contributed by atoms with E-state index in [-0.39, 0.29) is 5.91 Å². The Morgan fingerprint density at radius 1 is 1.19 bits per heavy atom. The van der Waals surface area contributed by atoms with Crippen molar-refractivity contribution in [3.05, 3.63) is 48.8 Å². The lowest BCUT2D eigenvalue weighted by Crippen LogP contribution is -2.48. The molecule has 1 saturated carbocycles. The highest BCUT2D eigenvalue weighted by atomic mass is 16.5. The minimum atomic E-state index is -0.0374. The summed E-state index contributed by atoms with van der Waals surface area (Å²) < 4.78 is 5.79. The summed E-state index contributed by atoms with van der Waals surface area (Å²) in [5, 5.41) is 0.911. The van der Waals surface area contributed by atoms with Gasteiger partial charge in [-0.2, -0.15) is 0 Å². The van der Waals surface area contributed by atoms with Gasteiger partial charge in [0.05, 0.1) is 18.3 Å². The number of rotatable bonds is 5. The number of hydrogen-bond acceptors (Lipinski definition) is 7. The summed E-state index contributed by atoms with van der Waals surface area (Å²) in [6.45, 7) is 6.22. The van der Waals surface area contributed by atoms with Gasteiger partial charge in [-0.25, -0.2) is 15.0 Å². The molecule has 0 unspecified atom stereocenters. The molecule has 1 aromatic carbocycles. The second-order valence-corrected chi connectivity index (χ2v) is 8.23. The number of nitrogens with zero attached hydrogens (tertiary/aromatic N) is 5. The predicted octanol–water partition coefficient (Wildman–Crippen LogP) is 2.99. The predicted molar refractivity (Wildman–Crippen MR) is 125 cm³/mol. The molecular weight excluding hydrogens is 404 g/mol. The van der Waals surface area contributed by atoms with E-state index in [1.807, 2.05) is 18.2 Å². The normalized spacial score (nSPS) is 16.3. The van der Waals surface area contributed by atoms with E-state index in [4.69, 9.17) is 10.5 Å². The van der Waals surface area contributed by atoms with Crippen molar-refractivity contribution in [2.45, 2.75) is 18.8 Å². The Morgan fingerprint density at radius 3 is 2.66 bits per heavy atom. The van der Waals surface area contributed by atoms with Crippen LogP contribution in [0.1, 0.15) is 24.3 Å². The van der Waals surface area contributed by atoms with Crippen LogP contribution >= 0.6 is 0 Å². The highest BCUT2D eigenvalue weighted by Crippen LogP contribution is 2.46. The number of ether oxygens (including phenoxy) is 1. The van der Waals surface area contributed by atoms with Gasteiger partial charge in [0.2, 0.25) is 5.91 Å². The molecular formula is C24H26N6O2. The Kier molecular flexibility index (Phi) is 5.13. The quantitative estimate of drug-likeness (QED) is 0.622. The average molecular weight is 431 g/mol. The van der Waals surface area contributed by atoms with Crippen molar-refractivity contribution >= 4 is 28.4 Å². The van der Waals surface area contributed by atoms with Crippen LogP contribution in [-0.4, -0.2) is 59.0 Å². The third-order valence-corrected chi connectivity index (χ3v) is 6.22. The maximum Gasteiger partial charge on any atom is 0.246 e. The van der Waals surface area contributed by atoms with Crippen LogP contribution in [0.3, 0.4) is 0 Å². The fourth-order valence-corrected chi connectivity index (χ4v) is 4.37. The Balaban J connectivity index is 1.55. The lowest BCUT2D eigenvalue weighted by molar-refractivity contribution is -0.126. The van der Waals surface area contributed by atoms with Gasteiger partial charge in [0.1, 0.15) is 23.7 Å². The van der Waals surface area contributed by atoms with Crippen LogP contribution in [0.2, 0.25) is 0 Å². The molecule has 8 nitrogen and oxygen atoms in total. The molecule has 8 heteroatoms. The van der Waals surface area contributed by atoms with Gasteiger partial charge in [-0.3, -0.25) is 4.79 Å². The van der Waals surface area contributed by atoms with Crippen LogP contribution < -0.4 is 15.4 Å². The van der Waals surface area contributed by atoms with Gasteiger partial charge in [-0.1, -0.05) is 12.6 Å². The number of carbonyl (C=O) groups excluding carboxylic acids is 1. The molecule has 2 aliphatic rings. The number of aromatic nitrogens is 3. The van der Waals surface area contributed by atoms with Gasteiger partial charge in [0, 0.05) is 37.1 Å². The number of fused-ring (bicyclic) bond motifs is 1. The van der Waals surface area contributed by atoms with E-state index in [1.54, 1.807) is 18.3 Å². The van der Waals surface area contributed by atoms with E-state index in [0.29, 0.717) is 43.7 Å². The zero-order valence-electron chi connectivity index (χ0n) is 18.1. The molecule has 1 saturated heterocycles. The fourth-order valence-electron chi connectivity index (χ4n) is 4.37. The minimum Gasteiger partial charge on any atom is -0.496 e. The summed E-state index contributed by atoms with van der Waals surface area (Å²) in [5.41, 5.74) is 9.81. The molecule has 0 spiro atoms. The van der Waals surface area contributed by atoms with Crippen molar-refractivity contribution in [3.8, 4) is 17.0 Å². The Labute approximate surface area is 186 Å². The molecule has 1 aliphatic heterocycles. The van der Waals surface area contributed by atoms with Crippen molar-refractivity contribution < 1.29 is 9.53 Å². The van der Waals surface area contributed by atoms with Gasteiger partial charge in [0.25, 0.3) is 0 Å². The number of pyridine rings is 1. The second-order valence-electron chi connectivity index (χ2n) is 8.23. The second kappa shape index (κ2) is 8.11. The number of benzene rings is 1. The number of nitrogens with two attached hydrogens (primary N) is 1. The highest BCUT2D eigenvalue weighted by molar-refractivity contribution is 5.95. The molecule has 1 amide bonds. The lowest BCUT2D eigenvalue weighted by Gasteiger charge is -2.35. The van der Waals surface area contributed by atoms with Crippen molar-refractivity contribution in [2.24, 2.45) is 0 Å². The summed E-state index contributed by atoms with van der Waals surface area (Å²) in [7, 11) is 1.66. The van der Waals surface area contributed by atoms with Crippen LogP contribution in [0.5, 0.6) is 5.75 Å². The number of anilines is 2. The first-order valence-electron chi connectivity index (χ1n) is 10.8. The molecule has 3 aromatic rings. The zero-order valence-corrected chi connectivity index (χ0v) is 18.1. The zero-order chi connectivity index (χ0) is 22.2. The molecule has 0 bridgehead atoms. The third kappa shape index (κ3) is 3.62. The minimum absolute atomic E-state index is 0.0374. The van der Waals surface area contributed by atoms with Crippen LogP contribution in [0, 0.1) is 0 Å². The lowest BCUT2D eigenvalue weighted by atomic mass is 9.99. The van der Waals surface area contributed by atoms with Gasteiger partial charge < -0.3 is 20.3 Å². The maximum atomic E-state index is 11.9. The van der Waals surface area contributed by atoms with Crippen LogP contribution in [0.4, 0.5) is 11.6 Å². The summed E-state index contributed by atoms with van der Waals surface area (Å²) in [6, 6.07) is 7.95. The van der Waals surface area contributed by atoms with Crippen molar-refractivity contribution in [2.75, 3.05) is 43.9 Å². The van der Waals surface area contributed by atoms with Crippen molar-refractivity contribution in [1.82, 2.24) is 19.9 Å². The van der Waals surface area contributed by atoms with E-state index >= 15 is 0 Å². The Morgan fingerprint density at radius 2 is 1.97 bits per heavy atom. The molecule has 164 valence electrons.